The molecule has 0 spiro atoms. The number of aromatic nitrogens is 1. The van der Waals surface area contributed by atoms with Gasteiger partial charge >= 0.3 is 6.09 Å². The molecule has 0 atom stereocenters. The fourth-order valence-corrected chi connectivity index (χ4v) is 3.26. The number of fused-ring (bicyclic) bond motifs is 1. The van der Waals surface area contributed by atoms with Crippen molar-refractivity contribution in [3.05, 3.63) is 42.7 Å². The quantitative estimate of drug-likeness (QED) is 0.417. The SMILES string of the molecule is CC(C)(C)OC(=O)NCCCOCCCOc1cccc2ncc(N3C=CC(=O)CC3=O)cc12. The molecule has 34 heavy (non-hydrogen) atoms. The van der Waals surface area contributed by atoms with Gasteiger partial charge in [-0.3, -0.25) is 19.5 Å². The van der Waals surface area contributed by atoms with E-state index in [9.17, 15) is 14.4 Å². The van der Waals surface area contributed by atoms with Crippen LogP contribution in [0.5, 0.6) is 5.75 Å². The first-order valence-corrected chi connectivity index (χ1v) is 11.3. The molecule has 9 heteroatoms. The largest absolute Gasteiger partial charge is 0.493 e. The van der Waals surface area contributed by atoms with E-state index in [0.717, 1.165) is 10.9 Å². The summed E-state index contributed by atoms with van der Waals surface area (Å²) in [6.07, 6.45) is 5.27. The number of hydrogen-bond acceptors (Lipinski definition) is 7. The molecule has 2 aromatic rings. The van der Waals surface area contributed by atoms with Crippen molar-refractivity contribution in [1.82, 2.24) is 10.3 Å². The summed E-state index contributed by atoms with van der Waals surface area (Å²) in [5.41, 5.74) is 0.824. The molecule has 0 radical (unpaired) electrons. The molecule has 0 saturated carbocycles. The molecule has 182 valence electrons. The zero-order valence-electron chi connectivity index (χ0n) is 19.8. The molecule has 1 N–H and O–H groups in total. The summed E-state index contributed by atoms with van der Waals surface area (Å²) in [4.78, 5) is 41.1. The molecule has 0 aliphatic carbocycles. The predicted molar refractivity (Wildman–Crippen MR) is 128 cm³/mol. The van der Waals surface area contributed by atoms with Gasteiger partial charge in [0.1, 0.15) is 11.4 Å². The maximum absolute atomic E-state index is 12.2. The Hall–Kier alpha value is -3.46. The fraction of sp³-hybridized carbons (Fsp3) is 0.440. The molecule has 0 bridgehead atoms. The van der Waals surface area contributed by atoms with Gasteiger partial charge in [0.05, 0.1) is 30.4 Å². The maximum Gasteiger partial charge on any atom is 0.407 e. The zero-order valence-corrected chi connectivity index (χ0v) is 19.8. The van der Waals surface area contributed by atoms with E-state index >= 15 is 0 Å². The third-order valence-electron chi connectivity index (χ3n) is 4.78. The number of ketones is 1. The number of ether oxygens (including phenoxy) is 3. The van der Waals surface area contributed by atoms with Crippen LogP contribution >= 0.6 is 0 Å². The van der Waals surface area contributed by atoms with Crippen LogP contribution in [0.25, 0.3) is 10.9 Å². The Labute approximate surface area is 199 Å². The Bertz CT molecular complexity index is 1060. The Morgan fingerprint density at radius 2 is 1.94 bits per heavy atom. The maximum atomic E-state index is 12.2. The number of rotatable bonds is 10. The van der Waals surface area contributed by atoms with Crippen molar-refractivity contribution in [3.63, 3.8) is 0 Å². The minimum absolute atomic E-state index is 0.149. The van der Waals surface area contributed by atoms with Crippen LogP contribution in [0, 0.1) is 0 Å². The highest BCUT2D eigenvalue weighted by Crippen LogP contribution is 2.29. The lowest BCUT2D eigenvalue weighted by Gasteiger charge is -2.21. The van der Waals surface area contributed by atoms with Gasteiger partial charge in [0, 0.05) is 37.8 Å². The molecule has 1 aromatic heterocycles. The molecular formula is C25H31N3O6. The molecule has 9 nitrogen and oxygen atoms in total. The predicted octanol–water partition coefficient (Wildman–Crippen LogP) is 3.75. The van der Waals surface area contributed by atoms with Gasteiger partial charge in [-0.15, -0.1) is 0 Å². The number of carbonyl (C=O) groups excluding carboxylic acids is 3. The van der Waals surface area contributed by atoms with E-state index in [2.05, 4.69) is 10.3 Å². The van der Waals surface area contributed by atoms with Gasteiger partial charge < -0.3 is 19.5 Å². The number of hydrogen-bond donors (Lipinski definition) is 1. The van der Waals surface area contributed by atoms with E-state index in [1.165, 1.54) is 17.2 Å². The number of allylic oxidation sites excluding steroid dienone is 1. The minimum atomic E-state index is -0.509. The second kappa shape index (κ2) is 11.6. The van der Waals surface area contributed by atoms with E-state index in [-0.39, 0.29) is 18.1 Å². The summed E-state index contributed by atoms with van der Waals surface area (Å²) in [6.45, 7) is 7.46. The summed E-state index contributed by atoms with van der Waals surface area (Å²) < 4.78 is 16.7. The Morgan fingerprint density at radius 1 is 1.15 bits per heavy atom. The average molecular weight is 470 g/mol. The monoisotopic (exact) mass is 469 g/mol. The van der Waals surface area contributed by atoms with Crippen molar-refractivity contribution in [2.24, 2.45) is 0 Å². The van der Waals surface area contributed by atoms with Crippen LogP contribution < -0.4 is 15.0 Å². The molecule has 1 aliphatic rings. The number of pyridine rings is 1. The minimum Gasteiger partial charge on any atom is -0.493 e. The van der Waals surface area contributed by atoms with Crippen molar-refractivity contribution in [3.8, 4) is 5.75 Å². The van der Waals surface area contributed by atoms with Gasteiger partial charge in [0.15, 0.2) is 5.78 Å². The smallest absolute Gasteiger partial charge is 0.407 e. The summed E-state index contributed by atoms with van der Waals surface area (Å²) in [7, 11) is 0. The van der Waals surface area contributed by atoms with Crippen molar-refractivity contribution in [2.45, 2.75) is 45.6 Å². The van der Waals surface area contributed by atoms with Crippen molar-refractivity contribution < 1.29 is 28.6 Å². The number of amides is 2. The number of nitrogens with one attached hydrogen (secondary N) is 1. The second-order valence-corrected chi connectivity index (χ2v) is 8.84. The standard InChI is InChI=1S/C25H31N3O6/c1-25(2,3)34-24(31)26-10-5-12-32-13-6-14-33-22-8-4-7-21-20(22)15-18(17-27-21)28-11-9-19(29)16-23(28)30/h4,7-9,11,15,17H,5-6,10,12-14,16H2,1-3H3,(H,26,31). The Morgan fingerprint density at radius 3 is 2.71 bits per heavy atom. The first-order chi connectivity index (χ1) is 16.2. The van der Waals surface area contributed by atoms with Gasteiger partial charge in [-0.05, 0) is 51.5 Å². The molecule has 2 amide bonds. The third-order valence-corrected chi connectivity index (χ3v) is 4.78. The van der Waals surface area contributed by atoms with Gasteiger partial charge in [-0.25, -0.2) is 4.79 Å². The third kappa shape index (κ3) is 7.55. The van der Waals surface area contributed by atoms with Gasteiger partial charge in [-0.1, -0.05) is 6.07 Å². The van der Waals surface area contributed by atoms with Crippen molar-refractivity contribution >= 4 is 34.4 Å². The van der Waals surface area contributed by atoms with E-state index in [1.807, 2.05) is 45.0 Å². The number of carbonyl (C=O) groups is 3. The highest BCUT2D eigenvalue weighted by molar-refractivity contribution is 6.13. The topological polar surface area (TPSA) is 107 Å². The van der Waals surface area contributed by atoms with Crippen LogP contribution in [0.3, 0.4) is 0 Å². The van der Waals surface area contributed by atoms with Crippen molar-refractivity contribution in [2.75, 3.05) is 31.3 Å². The lowest BCUT2D eigenvalue weighted by molar-refractivity contribution is -0.124. The average Bonchev–Trinajstić information content (AvgIpc) is 2.76. The van der Waals surface area contributed by atoms with Crippen LogP contribution in [-0.2, 0) is 19.1 Å². The highest BCUT2D eigenvalue weighted by atomic mass is 16.6. The number of anilines is 1. The van der Waals surface area contributed by atoms with Gasteiger partial charge in [0.2, 0.25) is 5.91 Å². The zero-order chi connectivity index (χ0) is 24.6. The molecule has 0 fully saturated rings. The van der Waals surface area contributed by atoms with Crippen LogP contribution in [0.15, 0.2) is 42.7 Å². The van der Waals surface area contributed by atoms with E-state index < -0.39 is 11.7 Å². The second-order valence-electron chi connectivity index (χ2n) is 8.84. The summed E-state index contributed by atoms with van der Waals surface area (Å²) in [5, 5.41) is 3.48. The number of benzene rings is 1. The number of alkyl carbamates (subject to hydrolysis) is 1. The first-order valence-electron chi connectivity index (χ1n) is 11.3. The molecule has 1 aromatic carbocycles. The number of nitrogens with zero attached hydrogens (tertiary/aromatic N) is 2. The first kappa shape index (κ1) is 25.2. The summed E-state index contributed by atoms with van der Waals surface area (Å²) in [6, 6.07) is 7.43. The molecule has 3 rings (SSSR count). The molecule has 1 aliphatic heterocycles. The van der Waals surface area contributed by atoms with Crippen LogP contribution in [0.4, 0.5) is 10.5 Å². The normalized spacial score (nSPS) is 13.9. The van der Waals surface area contributed by atoms with Crippen molar-refractivity contribution in [1.29, 1.82) is 0 Å². The fourth-order valence-electron chi connectivity index (χ4n) is 3.26. The van der Waals surface area contributed by atoms with Gasteiger partial charge in [-0.2, -0.15) is 0 Å². The molecule has 2 heterocycles. The van der Waals surface area contributed by atoms with E-state index in [1.54, 1.807) is 6.20 Å². The molecule has 0 unspecified atom stereocenters. The lowest BCUT2D eigenvalue weighted by atomic mass is 10.1. The summed E-state index contributed by atoms with van der Waals surface area (Å²) >= 11 is 0. The molecular weight excluding hydrogens is 438 g/mol. The van der Waals surface area contributed by atoms with E-state index in [4.69, 9.17) is 14.2 Å². The van der Waals surface area contributed by atoms with Gasteiger partial charge in [0.25, 0.3) is 0 Å². The summed E-state index contributed by atoms with van der Waals surface area (Å²) in [5.74, 6) is 0.170. The molecule has 0 saturated heterocycles. The van der Waals surface area contributed by atoms with Crippen LogP contribution in [-0.4, -0.2) is 54.7 Å². The van der Waals surface area contributed by atoms with E-state index in [0.29, 0.717) is 50.6 Å². The van der Waals surface area contributed by atoms with Crippen LogP contribution in [0.1, 0.15) is 40.0 Å². The van der Waals surface area contributed by atoms with Crippen LogP contribution in [0.2, 0.25) is 0 Å². The Kier molecular flexibility index (Phi) is 8.59. The lowest BCUT2D eigenvalue weighted by Crippen LogP contribution is -2.33. The highest BCUT2D eigenvalue weighted by Gasteiger charge is 2.21. The Balaban J connectivity index is 1.42.